The van der Waals surface area contributed by atoms with Crippen LogP contribution in [0, 0.1) is 0 Å². The fraction of sp³-hybridized carbons (Fsp3) is 0.533. The van der Waals surface area contributed by atoms with Crippen molar-refractivity contribution in [2.45, 2.75) is 38.1 Å². The van der Waals surface area contributed by atoms with Crippen LogP contribution < -0.4 is 10.5 Å². The predicted octanol–water partition coefficient (Wildman–Crippen LogP) is 1.61. The Kier molecular flexibility index (Phi) is 8.20. The van der Waals surface area contributed by atoms with Gasteiger partial charge < -0.3 is 10.6 Å². The van der Waals surface area contributed by atoms with Gasteiger partial charge in [0.2, 0.25) is 10.0 Å². The SMILES string of the molecule is CCN(CC)C(=O)c1ccc(S(=O)(=O)NC(C)(C)CN)cc1.Cl. The van der Waals surface area contributed by atoms with E-state index in [-0.39, 0.29) is 29.8 Å². The van der Waals surface area contributed by atoms with Crippen LogP contribution in [0.4, 0.5) is 0 Å². The van der Waals surface area contributed by atoms with Gasteiger partial charge in [0.05, 0.1) is 4.90 Å². The Bertz CT molecular complexity index is 611. The molecule has 1 rings (SSSR count). The number of sulfonamides is 1. The van der Waals surface area contributed by atoms with Gasteiger partial charge in [-0.05, 0) is 52.0 Å². The number of carbonyl (C=O) groups excluding carboxylic acids is 1. The molecule has 23 heavy (non-hydrogen) atoms. The lowest BCUT2D eigenvalue weighted by Crippen LogP contribution is -2.48. The van der Waals surface area contributed by atoms with Crippen LogP contribution in [0.3, 0.4) is 0 Å². The lowest BCUT2D eigenvalue weighted by Gasteiger charge is -2.24. The summed E-state index contributed by atoms with van der Waals surface area (Å²) in [6, 6.07) is 5.94. The summed E-state index contributed by atoms with van der Waals surface area (Å²) in [4.78, 5) is 14.0. The van der Waals surface area contributed by atoms with Crippen molar-refractivity contribution in [3.05, 3.63) is 29.8 Å². The Balaban J connectivity index is 0.00000484. The highest BCUT2D eigenvalue weighted by atomic mass is 35.5. The molecule has 0 radical (unpaired) electrons. The average molecular weight is 364 g/mol. The van der Waals surface area contributed by atoms with Crippen LogP contribution in [0.2, 0.25) is 0 Å². The van der Waals surface area contributed by atoms with Crippen molar-refractivity contribution in [3.63, 3.8) is 0 Å². The van der Waals surface area contributed by atoms with Gasteiger partial charge in [0, 0.05) is 30.7 Å². The Morgan fingerprint density at radius 3 is 2.04 bits per heavy atom. The summed E-state index contributed by atoms with van der Waals surface area (Å²) >= 11 is 0. The summed E-state index contributed by atoms with van der Waals surface area (Å²) in [6.45, 7) is 8.64. The van der Waals surface area contributed by atoms with Crippen LogP contribution >= 0.6 is 12.4 Å². The van der Waals surface area contributed by atoms with Crippen molar-refractivity contribution in [2.24, 2.45) is 5.73 Å². The molecule has 0 bridgehead atoms. The molecule has 0 aliphatic carbocycles. The Morgan fingerprint density at radius 1 is 1.17 bits per heavy atom. The molecular weight excluding hydrogens is 338 g/mol. The van der Waals surface area contributed by atoms with E-state index in [0.29, 0.717) is 18.7 Å². The second kappa shape index (κ2) is 8.63. The normalized spacial score (nSPS) is 11.7. The molecule has 0 unspecified atom stereocenters. The highest BCUT2D eigenvalue weighted by Crippen LogP contribution is 2.15. The van der Waals surface area contributed by atoms with Gasteiger partial charge in [-0.3, -0.25) is 4.79 Å². The van der Waals surface area contributed by atoms with Gasteiger partial charge in [-0.25, -0.2) is 13.1 Å². The molecule has 0 aliphatic rings. The van der Waals surface area contributed by atoms with E-state index in [9.17, 15) is 13.2 Å². The number of rotatable bonds is 7. The number of benzene rings is 1. The minimum absolute atomic E-state index is 0. The maximum Gasteiger partial charge on any atom is 0.253 e. The number of amides is 1. The topological polar surface area (TPSA) is 92.5 Å². The van der Waals surface area contributed by atoms with Crippen LogP contribution in [-0.2, 0) is 10.0 Å². The fourth-order valence-corrected chi connectivity index (χ4v) is 3.36. The standard InChI is InChI=1S/C15H25N3O3S.ClH/c1-5-18(6-2)14(19)12-7-9-13(10-8-12)22(20,21)17-15(3,4)11-16;/h7-10,17H,5-6,11,16H2,1-4H3;1H. The van der Waals surface area contributed by atoms with Gasteiger partial charge in [-0.15, -0.1) is 12.4 Å². The highest BCUT2D eigenvalue weighted by molar-refractivity contribution is 7.89. The largest absolute Gasteiger partial charge is 0.339 e. The van der Waals surface area contributed by atoms with Crippen molar-refractivity contribution in [1.29, 1.82) is 0 Å². The Morgan fingerprint density at radius 2 is 1.65 bits per heavy atom. The van der Waals surface area contributed by atoms with Gasteiger partial charge in [0.1, 0.15) is 0 Å². The molecule has 6 nitrogen and oxygen atoms in total. The first kappa shape index (κ1) is 21.9. The third kappa shape index (κ3) is 5.76. The van der Waals surface area contributed by atoms with Gasteiger partial charge in [0.15, 0.2) is 0 Å². The molecular formula is C15H26ClN3O3S. The minimum atomic E-state index is -3.66. The number of nitrogens with zero attached hydrogens (tertiary/aromatic N) is 1. The molecule has 1 aromatic carbocycles. The van der Waals surface area contributed by atoms with Crippen LogP contribution in [0.15, 0.2) is 29.2 Å². The first-order chi connectivity index (χ1) is 10.2. The zero-order chi connectivity index (χ0) is 17.0. The fourth-order valence-electron chi connectivity index (χ4n) is 1.93. The lowest BCUT2D eigenvalue weighted by molar-refractivity contribution is 0.0773. The second-order valence-corrected chi connectivity index (χ2v) is 7.38. The quantitative estimate of drug-likeness (QED) is 0.769. The van der Waals surface area contributed by atoms with E-state index in [1.165, 1.54) is 24.3 Å². The molecule has 0 aliphatic heterocycles. The van der Waals surface area contributed by atoms with Crippen molar-refractivity contribution in [2.75, 3.05) is 19.6 Å². The first-order valence-electron chi connectivity index (χ1n) is 7.30. The van der Waals surface area contributed by atoms with E-state index in [4.69, 9.17) is 5.73 Å². The summed E-state index contributed by atoms with van der Waals surface area (Å²) < 4.78 is 27.1. The van der Waals surface area contributed by atoms with E-state index in [0.717, 1.165) is 0 Å². The van der Waals surface area contributed by atoms with Crippen LogP contribution in [0.25, 0.3) is 0 Å². The smallest absolute Gasteiger partial charge is 0.253 e. The number of hydrogen-bond acceptors (Lipinski definition) is 4. The van der Waals surface area contributed by atoms with Crippen molar-refractivity contribution < 1.29 is 13.2 Å². The lowest BCUT2D eigenvalue weighted by atomic mass is 10.1. The van der Waals surface area contributed by atoms with Crippen LogP contribution in [0.1, 0.15) is 38.1 Å². The molecule has 3 N–H and O–H groups in total. The number of hydrogen-bond donors (Lipinski definition) is 2. The average Bonchev–Trinajstić information content (AvgIpc) is 2.47. The Labute approximate surface area is 144 Å². The Hall–Kier alpha value is -1.15. The predicted molar refractivity (Wildman–Crippen MR) is 94.4 cm³/mol. The first-order valence-corrected chi connectivity index (χ1v) is 8.78. The van der Waals surface area contributed by atoms with Gasteiger partial charge in [-0.1, -0.05) is 0 Å². The minimum Gasteiger partial charge on any atom is -0.339 e. The molecule has 0 saturated heterocycles. The van der Waals surface area contributed by atoms with Gasteiger partial charge >= 0.3 is 0 Å². The van der Waals surface area contributed by atoms with Crippen molar-refractivity contribution >= 4 is 28.3 Å². The number of halogens is 1. The van der Waals surface area contributed by atoms with Gasteiger partial charge in [-0.2, -0.15) is 0 Å². The molecule has 0 heterocycles. The van der Waals surface area contributed by atoms with Crippen molar-refractivity contribution in [1.82, 2.24) is 9.62 Å². The zero-order valence-corrected chi connectivity index (χ0v) is 15.6. The summed E-state index contributed by atoms with van der Waals surface area (Å²) in [5.74, 6) is -0.107. The van der Waals surface area contributed by atoms with Crippen LogP contribution in [-0.4, -0.2) is 44.4 Å². The van der Waals surface area contributed by atoms with E-state index in [1.807, 2.05) is 13.8 Å². The molecule has 0 fully saturated rings. The molecule has 0 saturated carbocycles. The molecule has 1 aromatic rings. The summed E-state index contributed by atoms with van der Waals surface area (Å²) in [5.41, 5.74) is 5.29. The second-order valence-electron chi connectivity index (χ2n) is 5.70. The zero-order valence-electron chi connectivity index (χ0n) is 14.0. The molecule has 0 atom stereocenters. The number of nitrogens with two attached hydrogens (primary N) is 1. The summed E-state index contributed by atoms with van der Waals surface area (Å²) in [6.07, 6.45) is 0. The molecule has 132 valence electrons. The van der Waals surface area contributed by atoms with Crippen LogP contribution in [0.5, 0.6) is 0 Å². The monoisotopic (exact) mass is 363 g/mol. The molecule has 1 amide bonds. The van der Waals surface area contributed by atoms with Gasteiger partial charge in [0.25, 0.3) is 5.91 Å². The molecule has 8 heteroatoms. The third-order valence-electron chi connectivity index (χ3n) is 3.38. The summed E-state index contributed by atoms with van der Waals surface area (Å²) in [7, 11) is -3.66. The number of nitrogens with one attached hydrogen (secondary N) is 1. The maximum atomic E-state index is 12.3. The van der Waals surface area contributed by atoms with E-state index in [1.54, 1.807) is 18.7 Å². The van der Waals surface area contributed by atoms with E-state index in [2.05, 4.69) is 4.72 Å². The third-order valence-corrected chi connectivity index (χ3v) is 5.10. The molecule has 0 spiro atoms. The maximum absolute atomic E-state index is 12.3. The van der Waals surface area contributed by atoms with E-state index < -0.39 is 15.6 Å². The van der Waals surface area contributed by atoms with E-state index >= 15 is 0 Å². The molecule has 0 aromatic heterocycles. The summed E-state index contributed by atoms with van der Waals surface area (Å²) in [5, 5.41) is 0. The highest BCUT2D eigenvalue weighted by Gasteiger charge is 2.25. The number of carbonyl (C=O) groups is 1. The van der Waals surface area contributed by atoms with Crippen molar-refractivity contribution in [3.8, 4) is 0 Å².